The van der Waals surface area contributed by atoms with Gasteiger partial charge in [-0.25, -0.2) is 0 Å². The molecule has 1 saturated heterocycles. The van der Waals surface area contributed by atoms with Gasteiger partial charge in [0.15, 0.2) is 0 Å². The second-order valence-electron chi connectivity index (χ2n) is 4.87. The summed E-state index contributed by atoms with van der Waals surface area (Å²) in [6.45, 7) is 0. The molecule has 3 atom stereocenters. The van der Waals surface area contributed by atoms with Crippen LogP contribution in [0, 0.1) is 11.8 Å². The Morgan fingerprint density at radius 3 is 2.81 bits per heavy atom. The molecule has 92 valence electrons. The molecule has 1 amide bonds. The molecule has 1 aliphatic heterocycles. The number of thioether (sulfide) groups is 1. The Balaban J connectivity index is 1.84. The van der Waals surface area contributed by atoms with E-state index in [0.29, 0.717) is 17.8 Å². The van der Waals surface area contributed by atoms with Gasteiger partial charge in [0.1, 0.15) is 0 Å². The molecule has 16 heavy (non-hydrogen) atoms. The monoisotopic (exact) mass is 261 g/mol. The van der Waals surface area contributed by atoms with Crippen LogP contribution in [0.3, 0.4) is 0 Å². The van der Waals surface area contributed by atoms with Crippen LogP contribution in [-0.2, 0) is 4.79 Å². The van der Waals surface area contributed by atoms with Gasteiger partial charge in [0.2, 0.25) is 5.91 Å². The average Bonchev–Trinajstić information content (AvgIpc) is 2.83. The second kappa shape index (κ2) is 6.15. The molecule has 0 spiro atoms. The first-order chi connectivity index (χ1) is 7.81. The number of alkyl halides is 1. The summed E-state index contributed by atoms with van der Waals surface area (Å²) in [6, 6.07) is 0.337. The minimum atomic E-state index is 0.253. The molecule has 1 saturated carbocycles. The van der Waals surface area contributed by atoms with Gasteiger partial charge >= 0.3 is 0 Å². The Kier molecular flexibility index (Phi) is 4.83. The van der Waals surface area contributed by atoms with E-state index in [9.17, 15) is 4.79 Å². The van der Waals surface area contributed by atoms with Crippen molar-refractivity contribution in [3.05, 3.63) is 0 Å². The molecule has 2 nitrogen and oxygen atoms in total. The molecular formula is C12H20ClNOS. The number of carbonyl (C=O) groups is 1. The van der Waals surface area contributed by atoms with Gasteiger partial charge in [-0.05, 0) is 30.9 Å². The van der Waals surface area contributed by atoms with Crippen molar-refractivity contribution in [3.63, 3.8) is 0 Å². The molecule has 4 heteroatoms. The van der Waals surface area contributed by atoms with Gasteiger partial charge in [-0.2, -0.15) is 11.8 Å². The van der Waals surface area contributed by atoms with Crippen molar-refractivity contribution in [1.29, 1.82) is 0 Å². The Morgan fingerprint density at radius 1 is 1.31 bits per heavy atom. The van der Waals surface area contributed by atoms with Crippen molar-refractivity contribution >= 4 is 29.3 Å². The molecular weight excluding hydrogens is 242 g/mol. The zero-order valence-electron chi connectivity index (χ0n) is 9.58. The summed E-state index contributed by atoms with van der Waals surface area (Å²) < 4.78 is 0. The van der Waals surface area contributed by atoms with Crippen LogP contribution < -0.4 is 5.32 Å². The first-order valence-corrected chi connectivity index (χ1v) is 7.94. The second-order valence-corrected chi connectivity index (χ2v) is 6.33. The lowest BCUT2D eigenvalue weighted by Crippen LogP contribution is -2.45. The van der Waals surface area contributed by atoms with Crippen LogP contribution in [0.2, 0.25) is 0 Å². The van der Waals surface area contributed by atoms with Crippen LogP contribution in [0.5, 0.6) is 0 Å². The zero-order chi connectivity index (χ0) is 11.4. The molecule has 0 radical (unpaired) electrons. The third-order valence-corrected chi connectivity index (χ3v) is 5.29. The van der Waals surface area contributed by atoms with Crippen molar-refractivity contribution in [2.45, 2.75) is 38.1 Å². The third kappa shape index (κ3) is 3.07. The maximum absolute atomic E-state index is 12.0. The quantitative estimate of drug-likeness (QED) is 0.792. The Morgan fingerprint density at radius 2 is 2.12 bits per heavy atom. The van der Waals surface area contributed by atoms with Crippen LogP contribution in [0.4, 0.5) is 0 Å². The summed E-state index contributed by atoms with van der Waals surface area (Å²) in [5.41, 5.74) is 0. The summed E-state index contributed by atoms with van der Waals surface area (Å²) >= 11 is 7.85. The number of rotatable bonds is 3. The normalized spacial score (nSPS) is 34.9. The van der Waals surface area contributed by atoms with E-state index in [-0.39, 0.29) is 11.8 Å². The van der Waals surface area contributed by atoms with E-state index < -0.39 is 0 Å². The van der Waals surface area contributed by atoms with Crippen LogP contribution in [0.15, 0.2) is 0 Å². The first kappa shape index (κ1) is 12.6. The summed E-state index contributed by atoms with van der Waals surface area (Å²) in [4.78, 5) is 12.0. The molecule has 0 aromatic rings. The lowest BCUT2D eigenvalue weighted by atomic mass is 9.85. The molecule has 0 aromatic heterocycles. The number of hydrogen-bond acceptors (Lipinski definition) is 2. The molecule has 3 unspecified atom stereocenters. The number of nitrogens with one attached hydrogen (secondary N) is 1. The third-order valence-electron chi connectivity index (χ3n) is 3.74. The number of carbonyl (C=O) groups excluding carboxylic acids is 1. The maximum atomic E-state index is 12.0. The Bertz CT molecular complexity index is 243. The van der Waals surface area contributed by atoms with Crippen molar-refractivity contribution < 1.29 is 4.79 Å². The highest BCUT2D eigenvalue weighted by molar-refractivity contribution is 7.99. The van der Waals surface area contributed by atoms with Crippen molar-refractivity contribution in [2.75, 3.05) is 17.4 Å². The van der Waals surface area contributed by atoms with Crippen LogP contribution in [-0.4, -0.2) is 29.3 Å². The van der Waals surface area contributed by atoms with E-state index in [1.165, 1.54) is 19.3 Å². The molecule has 2 rings (SSSR count). The fourth-order valence-electron chi connectivity index (χ4n) is 2.62. The minimum absolute atomic E-state index is 0.253. The van der Waals surface area contributed by atoms with Gasteiger partial charge in [0.25, 0.3) is 0 Å². The fourth-order valence-corrected chi connectivity index (χ4v) is 4.21. The van der Waals surface area contributed by atoms with Crippen LogP contribution in [0.1, 0.15) is 32.1 Å². The number of hydrogen-bond donors (Lipinski definition) is 1. The number of halogens is 1. The summed E-state index contributed by atoms with van der Waals surface area (Å²) in [6.07, 6.45) is 5.84. The summed E-state index contributed by atoms with van der Waals surface area (Å²) in [7, 11) is 0. The molecule has 2 aliphatic rings. The Labute approximate surface area is 107 Å². The molecule has 1 heterocycles. The smallest absolute Gasteiger partial charge is 0.224 e. The molecule has 1 aliphatic carbocycles. The van der Waals surface area contributed by atoms with Gasteiger partial charge in [-0.15, -0.1) is 11.6 Å². The largest absolute Gasteiger partial charge is 0.353 e. The van der Waals surface area contributed by atoms with Crippen molar-refractivity contribution in [1.82, 2.24) is 5.32 Å². The molecule has 0 aromatic carbocycles. The topological polar surface area (TPSA) is 29.1 Å². The minimum Gasteiger partial charge on any atom is -0.353 e. The van der Waals surface area contributed by atoms with Gasteiger partial charge in [0.05, 0.1) is 0 Å². The lowest BCUT2D eigenvalue weighted by molar-refractivity contribution is -0.125. The van der Waals surface area contributed by atoms with E-state index >= 15 is 0 Å². The van der Waals surface area contributed by atoms with E-state index in [4.69, 9.17) is 11.6 Å². The Hall–Kier alpha value is 0.110. The number of amides is 1. The van der Waals surface area contributed by atoms with E-state index in [0.717, 1.165) is 24.3 Å². The van der Waals surface area contributed by atoms with Crippen molar-refractivity contribution in [2.24, 2.45) is 11.8 Å². The molecule has 0 bridgehead atoms. The maximum Gasteiger partial charge on any atom is 0.224 e. The van der Waals surface area contributed by atoms with E-state index in [1.807, 2.05) is 11.8 Å². The zero-order valence-corrected chi connectivity index (χ0v) is 11.2. The highest BCUT2D eigenvalue weighted by Crippen LogP contribution is 2.27. The lowest BCUT2D eigenvalue weighted by Gasteiger charge is -2.31. The SMILES string of the molecule is O=C(NC1CCCCC1CCl)C1CCSC1. The highest BCUT2D eigenvalue weighted by atomic mass is 35.5. The van der Waals surface area contributed by atoms with E-state index in [2.05, 4.69) is 5.32 Å². The fraction of sp³-hybridized carbons (Fsp3) is 0.917. The highest BCUT2D eigenvalue weighted by Gasteiger charge is 2.29. The molecule has 1 N–H and O–H groups in total. The van der Waals surface area contributed by atoms with E-state index in [1.54, 1.807) is 0 Å². The predicted molar refractivity (Wildman–Crippen MR) is 70.0 cm³/mol. The van der Waals surface area contributed by atoms with Crippen molar-refractivity contribution in [3.8, 4) is 0 Å². The van der Waals surface area contributed by atoms with Crippen LogP contribution in [0.25, 0.3) is 0 Å². The standard InChI is InChI=1S/C12H20ClNOS/c13-7-9-3-1-2-4-11(9)14-12(15)10-5-6-16-8-10/h9-11H,1-8H2,(H,14,15). The summed E-state index contributed by atoms with van der Waals surface area (Å²) in [5, 5.41) is 3.23. The van der Waals surface area contributed by atoms with Gasteiger partial charge in [-0.3, -0.25) is 4.79 Å². The first-order valence-electron chi connectivity index (χ1n) is 6.25. The predicted octanol–water partition coefficient (Wildman–Crippen LogP) is 2.65. The van der Waals surface area contributed by atoms with Gasteiger partial charge < -0.3 is 5.32 Å². The van der Waals surface area contributed by atoms with Crippen LogP contribution >= 0.6 is 23.4 Å². The van der Waals surface area contributed by atoms with Gasteiger partial charge in [-0.1, -0.05) is 12.8 Å². The summed E-state index contributed by atoms with van der Waals surface area (Å²) in [5.74, 6) is 3.85. The average molecular weight is 262 g/mol. The molecule has 2 fully saturated rings. The van der Waals surface area contributed by atoms with Gasteiger partial charge in [0, 0.05) is 23.6 Å².